The van der Waals surface area contributed by atoms with Crippen molar-refractivity contribution >= 4 is 17.7 Å². The second-order valence-corrected chi connectivity index (χ2v) is 7.40. The van der Waals surface area contributed by atoms with Crippen LogP contribution in [0.2, 0.25) is 0 Å². The summed E-state index contributed by atoms with van der Waals surface area (Å²) in [7, 11) is 1.87. The molecule has 0 N–H and O–H groups in total. The number of rotatable bonds is 6. The number of nitrogens with zero attached hydrogens (tertiary/aromatic N) is 4. The molecule has 3 rings (SSSR count). The molecule has 5 nitrogen and oxygen atoms in total. The number of hydrogen-bond donors (Lipinski definition) is 0. The molecule has 1 heterocycles. The third-order valence-corrected chi connectivity index (χ3v) is 5.62. The third kappa shape index (κ3) is 4.81. The zero-order chi connectivity index (χ0) is 17.6. The summed E-state index contributed by atoms with van der Waals surface area (Å²) >= 11 is 1.41. The zero-order valence-electron chi connectivity index (χ0n) is 14.4. The van der Waals surface area contributed by atoms with Crippen molar-refractivity contribution in [3.05, 3.63) is 42.0 Å². The highest BCUT2D eigenvalue weighted by Crippen LogP contribution is 2.25. The molecule has 7 heteroatoms. The predicted molar refractivity (Wildman–Crippen MR) is 95.6 cm³/mol. The third-order valence-electron chi connectivity index (χ3n) is 4.60. The van der Waals surface area contributed by atoms with E-state index in [1.165, 1.54) is 30.3 Å². The van der Waals surface area contributed by atoms with E-state index in [1.54, 1.807) is 18.5 Å². The number of benzene rings is 1. The maximum absolute atomic E-state index is 13.2. The molecule has 0 radical (unpaired) electrons. The molecular weight excluding hydrogens is 339 g/mol. The van der Waals surface area contributed by atoms with Gasteiger partial charge in [0.05, 0.1) is 5.75 Å². The first kappa shape index (κ1) is 17.9. The Hall–Kier alpha value is -1.89. The van der Waals surface area contributed by atoms with Crippen molar-refractivity contribution in [2.75, 3.05) is 5.75 Å². The van der Waals surface area contributed by atoms with Gasteiger partial charge in [-0.15, -0.1) is 10.2 Å². The molecule has 1 aliphatic carbocycles. The zero-order valence-corrected chi connectivity index (χ0v) is 15.2. The number of amides is 1. The normalized spacial score (nSPS) is 15.3. The minimum atomic E-state index is -0.253. The van der Waals surface area contributed by atoms with E-state index in [9.17, 15) is 9.18 Å². The van der Waals surface area contributed by atoms with Crippen LogP contribution >= 0.6 is 11.8 Å². The van der Waals surface area contributed by atoms with Gasteiger partial charge in [-0.1, -0.05) is 43.2 Å². The highest BCUT2D eigenvalue weighted by atomic mass is 32.2. The minimum Gasteiger partial charge on any atom is -0.335 e. The summed E-state index contributed by atoms with van der Waals surface area (Å²) in [6.45, 7) is 0.531. The molecule has 0 atom stereocenters. The van der Waals surface area contributed by atoms with E-state index in [0.717, 1.165) is 36.4 Å². The largest absolute Gasteiger partial charge is 0.335 e. The van der Waals surface area contributed by atoms with Crippen LogP contribution in [0.3, 0.4) is 0 Å². The fourth-order valence-corrected chi connectivity index (χ4v) is 3.99. The summed E-state index contributed by atoms with van der Waals surface area (Å²) in [5.74, 6) is 0.186. The van der Waals surface area contributed by atoms with Crippen molar-refractivity contribution in [2.24, 2.45) is 7.05 Å². The lowest BCUT2D eigenvalue weighted by atomic mass is 9.94. The maximum atomic E-state index is 13.2. The Kier molecular flexibility index (Phi) is 6.07. The quantitative estimate of drug-likeness (QED) is 0.739. The van der Waals surface area contributed by atoms with Gasteiger partial charge in [0, 0.05) is 19.6 Å². The van der Waals surface area contributed by atoms with Crippen LogP contribution in [0.15, 0.2) is 35.7 Å². The van der Waals surface area contributed by atoms with Crippen LogP contribution in [-0.4, -0.2) is 37.4 Å². The molecule has 1 fully saturated rings. The van der Waals surface area contributed by atoms with Crippen molar-refractivity contribution in [1.29, 1.82) is 0 Å². The summed E-state index contributed by atoms with van der Waals surface area (Å²) < 4.78 is 15.0. The maximum Gasteiger partial charge on any atom is 0.233 e. The highest BCUT2D eigenvalue weighted by molar-refractivity contribution is 7.99. The molecule has 25 heavy (non-hydrogen) atoms. The lowest BCUT2D eigenvalue weighted by Gasteiger charge is -2.34. The van der Waals surface area contributed by atoms with Crippen molar-refractivity contribution in [3.8, 4) is 0 Å². The minimum absolute atomic E-state index is 0.101. The van der Waals surface area contributed by atoms with Crippen LogP contribution in [0.25, 0.3) is 0 Å². The van der Waals surface area contributed by atoms with E-state index >= 15 is 0 Å². The molecule has 0 saturated heterocycles. The van der Waals surface area contributed by atoms with Crippen molar-refractivity contribution in [3.63, 3.8) is 0 Å². The van der Waals surface area contributed by atoms with Crippen molar-refractivity contribution in [1.82, 2.24) is 19.7 Å². The molecule has 1 aromatic carbocycles. The fraction of sp³-hybridized carbons (Fsp3) is 0.500. The summed E-state index contributed by atoms with van der Waals surface area (Å²) in [5.41, 5.74) is 0.962. The van der Waals surface area contributed by atoms with E-state index in [-0.39, 0.29) is 17.8 Å². The van der Waals surface area contributed by atoms with Gasteiger partial charge in [0.2, 0.25) is 5.91 Å². The SMILES string of the molecule is Cn1cnnc1SCC(=O)N(Cc1ccc(F)cc1)C1CCCCC1. The van der Waals surface area contributed by atoms with Gasteiger partial charge < -0.3 is 9.47 Å². The standard InChI is InChI=1S/C18H23FN4OS/c1-22-13-20-21-18(22)25-12-17(24)23(16-5-3-2-4-6-16)11-14-7-9-15(19)10-8-14/h7-10,13,16H,2-6,11-12H2,1H3. The number of halogens is 1. The number of thioether (sulfide) groups is 1. The molecule has 1 aromatic heterocycles. The van der Waals surface area contributed by atoms with Gasteiger partial charge in [-0.3, -0.25) is 4.79 Å². The molecule has 0 unspecified atom stereocenters. The number of carbonyl (C=O) groups is 1. The Morgan fingerprint density at radius 1 is 1.28 bits per heavy atom. The first-order valence-corrected chi connectivity index (χ1v) is 9.63. The lowest BCUT2D eigenvalue weighted by molar-refractivity contribution is -0.132. The van der Waals surface area contributed by atoms with Crippen LogP contribution in [0.5, 0.6) is 0 Å². The van der Waals surface area contributed by atoms with Gasteiger partial charge in [0.1, 0.15) is 12.1 Å². The number of hydrogen-bond acceptors (Lipinski definition) is 4. The molecule has 0 spiro atoms. The van der Waals surface area contributed by atoms with E-state index < -0.39 is 0 Å². The second-order valence-electron chi connectivity index (χ2n) is 6.45. The Labute approximate surface area is 151 Å². The molecule has 0 bridgehead atoms. The molecule has 1 aliphatic rings. The molecule has 1 amide bonds. The number of aryl methyl sites for hydroxylation is 1. The summed E-state index contributed by atoms with van der Waals surface area (Å²) in [6, 6.07) is 6.69. The fourth-order valence-electron chi connectivity index (χ4n) is 3.21. The van der Waals surface area contributed by atoms with Gasteiger partial charge in [-0.25, -0.2) is 4.39 Å². The van der Waals surface area contributed by atoms with Crippen LogP contribution in [0, 0.1) is 5.82 Å². The van der Waals surface area contributed by atoms with E-state index in [2.05, 4.69) is 10.2 Å². The Bertz CT molecular complexity index is 697. The smallest absolute Gasteiger partial charge is 0.233 e. The van der Waals surface area contributed by atoms with Gasteiger partial charge in [0.25, 0.3) is 0 Å². The monoisotopic (exact) mass is 362 g/mol. The second kappa shape index (κ2) is 8.47. The topological polar surface area (TPSA) is 51.0 Å². The molecule has 1 saturated carbocycles. The van der Waals surface area contributed by atoms with E-state index in [0.29, 0.717) is 12.3 Å². The number of carbonyl (C=O) groups excluding carboxylic acids is 1. The van der Waals surface area contributed by atoms with Crippen LogP contribution in [-0.2, 0) is 18.4 Å². The van der Waals surface area contributed by atoms with E-state index in [4.69, 9.17) is 0 Å². The first-order chi connectivity index (χ1) is 12.1. The summed E-state index contributed by atoms with van der Waals surface area (Å²) in [5, 5.41) is 8.59. The molecule has 0 aliphatic heterocycles. The molecular formula is C18H23FN4OS. The summed E-state index contributed by atoms with van der Waals surface area (Å²) in [6.07, 6.45) is 7.28. The predicted octanol–water partition coefficient (Wildman–Crippen LogP) is 3.41. The van der Waals surface area contributed by atoms with Crippen LogP contribution in [0.4, 0.5) is 4.39 Å². The average Bonchev–Trinajstić information content (AvgIpc) is 3.05. The van der Waals surface area contributed by atoms with E-state index in [1.807, 2.05) is 16.5 Å². The summed E-state index contributed by atoms with van der Waals surface area (Å²) in [4.78, 5) is 14.9. The van der Waals surface area contributed by atoms with Gasteiger partial charge in [-0.05, 0) is 30.5 Å². The van der Waals surface area contributed by atoms with Crippen LogP contribution in [0.1, 0.15) is 37.7 Å². The highest BCUT2D eigenvalue weighted by Gasteiger charge is 2.26. The van der Waals surface area contributed by atoms with Gasteiger partial charge >= 0.3 is 0 Å². The van der Waals surface area contributed by atoms with Crippen molar-refractivity contribution in [2.45, 2.75) is 49.8 Å². The Balaban J connectivity index is 1.69. The Morgan fingerprint density at radius 3 is 2.64 bits per heavy atom. The lowest BCUT2D eigenvalue weighted by Crippen LogP contribution is -2.42. The Morgan fingerprint density at radius 2 is 2.00 bits per heavy atom. The molecule has 2 aromatic rings. The first-order valence-electron chi connectivity index (χ1n) is 8.64. The number of aromatic nitrogens is 3. The van der Waals surface area contributed by atoms with Gasteiger partial charge in [-0.2, -0.15) is 0 Å². The average molecular weight is 362 g/mol. The van der Waals surface area contributed by atoms with Gasteiger partial charge in [0.15, 0.2) is 5.16 Å². The molecule has 134 valence electrons. The van der Waals surface area contributed by atoms with Crippen LogP contribution < -0.4 is 0 Å². The van der Waals surface area contributed by atoms with Crippen molar-refractivity contribution < 1.29 is 9.18 Å².